The Morgan fingerprint density at radius 1 is 0.893 bits per heavy atom. The van der Waals surface area contributed by atoms with Crippen LogP contribution >= 0.6 is 0 Å². The van der Waals surface area contributed by atoms with Crippen molar-refractivity contribution in [3.63, 3.8) is 0 Å². The number of rotatable bonds is 6. The van der Waals surface area contributed by atoms with Gasteiger partial charge in [0.2, 0.25) is 0 Å². The lowest BCUT2D eigenvalue weighted by Crippen LogP contribution is -2.27. The molecule has 0 aliphatic rings. The van der Waals surface area contributed by atoms with Gasteiger partial charge in [0, 0.05) is 19.2 Å². The van der Waals surface area contributed by atoms with Crippen molar-refractivity contribution in [3.8, 4) is 0 Å². The molecule has 1 amide bonds. The van der Waals surface area contributed by atoms with E-state index in [9.17, 15) is 13.2 Å². The predicted octanol–water partition coefficient (Wildman–Crippen LogP) is 3.75. The summed E-state index contributed by atoms with van der Waals surface area (Å²) in [6.07, 6.45) is 0. The van der Waals surface area contributed by atoms with Crippen LogP contribution in [0.4, 0.5) is 5.69 Å². The van der Waals surface area contributed by atoms with Gasteiger partial charge in [0.25, 0.3) is 15.9 Å². The summed E-state index contributed by atoms with van der Waals surface area (Å²) in [5, 5.41) is 2.84. The van der Waals surface area contributed by atoms with Gasteiger partial charge in [-0.15, -0.1) is 0 Å². The number of benzene rings is 3. The first-order chi connectivity index (χ1) is 13.4. The van der Waals surface area contributed by atoms with Crippen LogP contribution in [0, 0.1) is 6.92 Å². The number of carbonyl (C=O) groups is 1. The van der Waals surface area contributed by atoms with Gasteiger partial charge in [-0.3, -0.25) is 9.10 Å². The third-order valence-corrected chi connectivity index (χ3v) is 6.27. The largest absolute Gasteiger partial charge is 0.348 e. The zero-order valence-corrected chi connectivity index (χ0v) is 16.6. The van der Waals surface area contributed by atoms with E-state index in [1.807, 2.05) is 37.3 Å². The van der Waals surface area contributed by atoms with Crippen molar-refractivity contribution in [1.29, 1.82) is 0 Å². The van der Waals surface area contributed by atoms with E-state index in [1.54, 1.807) is 24.3 Å². The second kappa shape index (κ2) is 8.27. The van der Waals surface area contributed by atoms with Crippen molar-refractivity contribution in [2.45, 2.75) is 18.4 Å². The molecule has 5 nitrogen and oxygen atoms in total. The Labute approximate surface area is 165 Å². The van der Waals surface area contributed by atoms with Crippen LogP contribution in [0.15, 0.2) is 83.8 Å². The van der Waals surface area contributed by atoms with Crippen LogP contribution in [0.2, 0.25) is 0 Å². The van der Waals surface area contributed by atoms with Gasteiger partial charge in [-0.2, -0.15) is 0 Å². The van der Waals surface area contributed by atoms with E-state index in [-0.39, 0.29) is 10.8 Å². The monoisotopic (exact) mass is 394 g/mol. The van der Waals surface area contributed by atoms with E-state index in [4.69, 9.17) is 0 Å². The van der Waals surface area contributed by atoms with Gasteiger partial charge < -0.3 is 5.32 Å². The molecule has 0 aliphatic carbocycles. The van der Waals surface area contributed by atoms with Crippen LogP contribution in [0.5, 0.6) is 0 Å². The summed E-state index contributed by atoms with van der Waals surface area (Å²) >= 11 is 0. The zero-order valence-electron chi connectivity index (χ0n) is 15.8. The number of nitrogens with one attached hydrogen (secondary N) is 1. The lowest BCUT2D eigenvalue weighted by molar-refractivity contribution is 0.0951. The van der Waals surface area contributed by atoms with Gasteiger partial charge in [-0.25, -0.2) is 8.42 Å². The molecule has 0 spiro atoms. The Morgan fingerprint density at radius 3 is 2.11 bits per heavy atom. The molecule has 3 aromatic carbocycles. The maximum atomic E-state index is 12.8. The first-order valence-electron chi connectivity index (χ1n) is 8.86. The van der Waals surface area contributed by atoms with E-state index >= 15 is 0 Å². The topological polar surface area (TPSA) is 66.5 Å². The van der Waals surface area contributed by atoms with E-state index in [2.05, 4.69) is 5.32 Å². The molecule has 0 aliphatic heterocycles. The van der Waals surface area contributed by atoms with Crippen molar-refractivity contribution in [2.75, 3.05) is 11.4 Å². The van der Waals surface area contributed by atoms with E-state index in [0.717, 1.165) is 11.1 Å². The molecule has 1 N–H and O–H groups in total. The Balaban J connectivity index is 1.70. The van der Waals surface area contributed by atoms with Crippen LogP contribution < -0.4 is 9.62 Å². The van der Waals surface area contributed by atoms with Gasteiger partial charge >= 0.3 is 0 Å². The number of anilines is 1. The summed E-state index contributed by atoms with van der Waals surface area (Å²) in [6, 6.07) is 22.7. The van der Waals surface area contributed by atoms with Crippen molar-refractivity contribution in [1.82, 2.24) is 5.32 Å². The zero-order chi connectivity index (χ0) is 20.1. The van der Waals surface area contributed by atoms with Gasteiger partial charge in [-0.1, -0.05) is 48.0 Å². The Hall–Kier alpha value is -3.12. The van der Waals surface area contributed by atoms with Crippen molar-refractivity contribution in [2.24, 2.45) is 0 Å². The van der Waals surface area contributed by atoms with Crippen LogP contribution in [-0.4, -0.2) is 21.4 Å². The molecule has 0 unspecified atom stereocenters. The molecule has 3 rings (SSSR count). The standard InChI is InChI=1S/C22H22N2O3S/c1-17-8-10-18(11-9-17)16-23-22(25)19-12-14-21(15-13-19)28(26,27)24(2)20-6-4-3-5-7-20/h3-15H,16H2,1-2H3,(H,23,25). The average molecular weight is 394 g/mol. The highest BCUT2D eigenvalue weighted by Gasteiger charge is 2.21. The summed E-state index contributed by atoms with van der Waals surface area (Å²) < 4.78 is 26.8. The molecule has 0 aromatic heterocycles. The maximum absolute atomic E-state index is 12.8. The first kappa shape index (κ1) is 19.6. The molecule has 6 heteroatoms. The predicted molar refractivity (Wildman–Crippen MR) is 111 cm³/mol. The van der Waals surface area contributed by atoms with Gasteiger partial charge in [0.15, 0.2) is 0 Å². The third-order valence-electron chi connectivity index (χ3n) is 4.47. The Kier molecular flexibility index (Phi) is 5.80. The third kappa shape index (κ3) is 4.40. The lowest BCUT2D eigenvalue weighted by Gasteiger charge is -2.19. The second-order valence-electron chi connectivity index (χ2n) is 6.50. The van der Waals surface area contributed by atoms with Gasteiger partial charge in [-0.05, 0) is 48.9 Å². The summed E-state index contributed by atoms with van der Waals surface area (Å²) in [7, 11) is -2.19. The lowest BCUT2D eigenvalue weighted by atomic mass is 10.1. The van der Waals surface area contributed by atoms with E-state index < -0.39 is 10.0 Å². The highest BCUT2D eigenvalue weighted by atomic mass is 32.2. The van der Waals surface area contributed by atoms with Crippen molar-refractivity contribution >= 4 is 21.6 Å². The summed E-state index contributed by atoms with van der Waals surface area (Å²) in [5.74, 6) is -0.249. The van der Waals surface area contributed by atoms with Crippen molar-refractivity contribution < 1.29 is 13.2 Å². The second-order valence-corrected chi connectivity index (χ2v) is 8.47. The van der Waals surface area contributed by atoms with Gasteiger partial charge in [0.1, 0.15) is 0 Å². The fraction of sp³-hybridized carbons (Fsp3) is 0.136. The first-order valence-corrected chi connectivity index (χ1v) is 10.3. The van der Waals surface area contributed by atoms with E-state index in [0.29, 0.717) is 17.8 Å². The summed E-state index contributed by atoms with van der Waals surface area (Å²) in [6.45, 7) is 2.42. The molecule has 3 aromatic rings. The molecule has 0 atom stereocenters. The number of aryl methyl sites for hydroxylation is 1. The molecular formula is C22H22N2O3S. The molecule has 0 saturated carbocycles. The SMILES string of the molecule is Cc1ccc(CNC(=O)c2ccc(S(=O)(=O)N(C)c3ccccc3)cc2)cc1. The number of amides is 1. The number of para-hydroxylation sites is 1. The fourth-order valence-corrected chi connectivity index (χ4v) is 3.90. The fourth-order valence-electron chi connectivity index (χ4n) is 2.70. The molecule has 0 saturated heterocycles. The Morgan fingerprint density at radius 2 is 1.50 bits per heavy atom. The molecule has 0 heterocycles. The Bertz CT molecular complexity index is 1050. The van der Waals surface area contributed by atoms with E-state index in [1.165, 1.54) is 35.6 Å². The maximum Gasteiger partial charge on any atom is 0.264 e. The number of hydrogen-bond acceptors (Lipinski definition) is 3. The number of nitrogens with zero attached hydrogens (tertiary/aromatic N) is 1. The number of hydrogen-bond donors (Lipinski definition) is 1. The molecule has 28 heavy (non-hydrogen) atoms. The molecule has 0 radical (unpaired) electrons. The molecule has 0 fully saturated rings. The molecular weight excluding hydrogens is 372 g/mol. The number of carbonyl (C=O) groups excluding carboxylic acids is 1. The minimum atomic E-state index is -3.69. The smallest absolute Gasteiger partial charge is 0.264 e. The summed E-state index contributed by atoms with van der Waals surface area (Å²) in [4.78, 5) is 12.5. The van der Waals surface area contributed by atoms with Crippen LogP contribution in [0.1, 0.15) is 21.5 Å². The highest BCUT2D eigenvalue weighted by molar-refractivity contribution is 7.92. The van der Waals surface area contributed by atoms with Gasteiger partial charge in [0.05, 0.1) is 10.6 Å². The van der Waals surface area contributed by atoms with Crippen LogP contribution in [0.25, 0.3) is 0 Å². The quantitative estimate of drug-likeness (QED) is 0.692. The normalized spacial score (nSPS) is 11.1. The minimum absolute atomic E-state index is 0.133. The van der Waals surface area contributed by atoms with Crippen molar-refractivity contribution in [3.05, 3.63) is 95.6 Å². The van der Waals surface area contributed by atoms with Crippen LogP contribution in [0.3, 0.4) is 0 Å². The molecule has 0 bridgehead atoms. The highest BCUT2D eigenvalue weighted by Crippen LogP contribution is 2.21. The summed E-state index contributed by atoms with van der Waals surface area (Å²) in [5.41, 5.74) is 3.14. The average Bonchev–Trinajstić information content (AvgIpc) is 2.73. The van der Waals surface area contributed by atoms with Crippen LogP contribution in [-0.2, 0) is 16.6 Å². The number of sulfonamides is 1. The minimum Gasteiger partial charge on any atom is -0.348 e. The molecule has 144 valence electrons.